The van der Waals surface area contributed by atoms with Crippen LogP contribution in [0.25, 0.3) is 0 Å². The van der Waals surface area contributed by atoms with Crippen LogP contribution in [0.2, 0.25) is 0 Å². The Labute approximate surface area is 119 Å². The summed E-state index contributed by atoms with van der Waals surface area (Å²) in [5, 5.41) is 8.95. The van der Waals surface area contributed by atoms with E-state index in [9.17, 15) is 8.42 Å². The van der Waals surface area contributed by atoms with Gasteiger partial charge in [-0.15, -0.1) is 0 Å². The summed E-state index contributed by atoms with van der Waals surface area (Å²) in [6, 6.07) is 6.60. The zero-order valence-electron chi connectivity index (χ0n) is 11.7. The largest absolute Gasteiger partial charge is 0.378 e. The molecule has 1 aromatic rings. The SMILES string of the molecule is CCC1COCCN1S(=O)(=O)c1cc(C#N)ccc1C. The number of hydrogen-bond donors (Lipinski definition) is 0. The van der Waals surface area contributed by atoms with E-state index in [1.54, 1.807) is 19.1 Å². The molecule has 108 valence electrons. The van der Waals surface area contributed by atoms with Gasteiger partial charge in [0.2, 0.25) is 10.0 Å². The molecule has 1 aromatic carbocycles. The molecular formula is C14H18N2O3S. The maximum Gasteiger partial charge on any atom is 0.243 e. The molecule has 1 saturated heterocycles. The molecule has 1 fully saturated rings. The van der Waals surface area contributed by atoms with E-state index in [0.717, 1.165) is 0 Å². The molecule has 5 nitrogen and oxygen atoms in total. The van der Waals surface area contributed by atoms with E-state index in [4.69, 9.17) is 10.00 Å². The third-order valence-electron chi connectivity index (χ3n) is 3.55. The van der Waals surface area contributed by atoms with E-state index in [1.165, 1.54) is 10.4 Å². The highest BCUT2D eigenvalue weighted by Crippen LogP contribution is 2.25. The Morgan fingerprint density at radius 2 is 2.25 bits per heavy atom. The number of ether oxygens (including phenoxy) is 1. The molecule has 1 unspecified atom stereocenters. The Morgan fingerprint density at radius 1 is 1.50 bits per heavy atom. The molecule has 0 radical (unpaired) electrons. The Morgan fingerprint density at radius 3 is 2.90 bits per heavy atom. The lowest BCUT2D eigenvalue weighted by atomic mass is 10.2. The average Bonchev–Trinajstić information content (AvgIpc) is 2.47. The Kier molecular flexibility index (Phi) is 4.43. The number of benzene rings is 1. The van der Waals surface area contributed by atoms with Crippen LogP contribution in [0, 0.1) is 18.3 Å². The van der Waals surface area contributed by atoms with E-state index in [1.807, 2.05) is 13.0 Å². The molecule has 6 heteroatoms. The van der Waals surface area contributed by atoms with Crippen LogP contribution in [0.1, 0.15) is 24.5 Å². The fourth-order valence-electron chi connectivity index (χ4n) is 2.35. The number of aryl methyl sites for hydroxylation is 1. The third kappa shape index (κ3) is 2.70. The average molecular weight is 294 g/mol. The van der Waals surface area contributed by atoms with Gasteiger partial charge in [-0.1, -0.05) is 13.0 Å². The molecule has 20 heavy (non-hydrogen) atoms. The first-order chi connectivity index (χ1) is 9.50. The fraction of sp³-hybridized carbons (Fsp3) is 0.500. The van der Waals surface area contributed by atoms with E-state index < -0.39 is 10.0 Å². The minimum atomic E-state index is -3.58. The number of morpholine rings is 1. The smallest absolute Gasteiger partial charge is 0.243 e. The standard InChI is InChI=1S/C14H18N2O3S/c1-3-13-10-19-7-6-16(13)20(17,18)14-8-12(9-15)5-4-11(14)2/h4-5,8,13H,3,6-7,10H2,1-2H3. The van der Waals surface area contributed by atoms with Crippen LogP contribution >= 0.6 is 0 Å². The monoisotopic (exact) mass is 294 g/mol. The number of hydrogen-bond acceptors (Lipinski definition) is 4. The number of rotatable bonds is 3. The van der Waals surface area contributed by atoms with Gasteiger partial charge in [-0.25, -0.2) is 8.42 Å². The van der Waals surface area contributed by atoms with Crippen molar-refractivity contribution in [2.75, 3.05) is 19.8 Å². The fourth-order valence-corrected chi connectivity index (χ4v) is 4.27. The normalized spacial score (nSPS) is 20.6. The summed E-state index contributed by atoms with van der Waals surface area (Å²) in [7, 11) is -3.58. The van der Waals surface area contributed by atoms with Gasteiger partial charge in [0.25, 0.3) is 0 Å². The van der Waals surface area contributed by atoms with Gasteiger partial charge < -0.3 is 4.74 Å². The molecule has 1 aliphatic rings. The van der Waals surface area contributed by atoms with Gasteiger partial charge in [0.05, 0.1) is 29.7 Å². The molecule has 1 atom stereocenters. The van der Waals surface area contributed by atoms with Gasteiger partial charge in [-0.05, 0) is 31.0 Å². The number of sulfonamides is 1. The van der Waals surface area contributed by atoms with Gasteiger partial charge in [-0.3, -0.25) is 0 Å². The van der Waals surface area contributed by atoms with Crippen molar-refractivity contribution < 1.29 is 13.2 Å². The van der Waals surface area contributed by atoms with Gasteiger partial charge in [0.1, 0.15) is 0 Å². The van der Waals surface area contributed by atoms with Gasteiger partial charge in [0.15, 0.2) is 0 Å². The van der Waals surface area contributed by atoms with Crippen molar-refractivity contribution >= 4 is 10.0 Å². The van der Waals surface area contributed by atoms with Crippen molar-refractivity contribution in [1.82, 2.24) is 4.31 Å². The van der Waals surface area contributed by atoms with Crippen molar-refractivity contribution in [3.05, 3.63) is 29.3 Å². The van der Waals surface area contributed by atoms with Crippen molar-refractivity contribution in [2.24, 2.45) is 0 Å². The van der Waals surface area contributed by atoms with Crippen molar-refractivity contribution in [1.29, 1.82) is 5.26 Å². The predicted octanol–water partition coefficient (Wildman–Crippen LogP) is 1.67. The molecular weight excluding hydrogens is 276 g/mol. The summed E-state index contributed by atoms with van der Waals surface area (Å²) >= 11 is 0. The minimum absolute atomic E-state index is 0.140. The molecule has 1 aliphatic heterocycles. The Bertz CT molecular complexity index is 634. The van der Waals surface area contributed by atoms with Gasteiger partial charge in [0, 0.05) is 12.6 Å². The Hall–Kier alpha value is -1.42. The molecule has 2 rings (SSSR count). The summed E-state index contributed by atoms with van der Waals surface area (Å²) in [5.74, 6) is 0. The molecule has 0 amide bonds. The zero-order chi connectivity index (χ0) is 14.8. The van der Waals surface area contributed by atoms with E-state index >= 15 is 0 Å². The third-order valence-corrected chi connectivity index (χ3v) is 5.64. The number of nitrogens with zero attached hydrogens (tertiary/aromatic N) is 2. The van der Waals surface area contributed by atoms with E-state index in [0.29, 0.717) is 37.3 Å². The summed E-state index contributed by atoms with van der Waals surface area (Å²) in [6.07, 6.45) is 0.705. The van der Waals surface area contributed by atoms with E-state index in [-0.39, 0.29) is 10.9 Å². The van der Waals surface area contributed by atoms with Crippen LogP contribution in [0.5, 0.6) is 0 Å². The van der Waals surface area contributed by atoms with Gasteiger partial charge >= 0.3 is 0 Å². The molecule has 0 N–H and O–H groups in total. The van der Waals surface area contributed by atoms with Crippen molar-refractivity contribution in [3.63, 3.8) is 0 Å². The highest BCUT2D eigenvalue weighted by Gasteiger charge is 2.34. The van der Waals surface area contributed by atoms with Gasteiger partial charge in [-0.2, -0.15) is 9.57 Å². The second-order valence-corrected chi connectivity index (χ2v) is 6.70. The van der Waals surface area contributed by atoms with Crippen LogP contribution in [-0.2, 0) is 14.8 Å². The summed E-state index contributed by atoms with van der Waals surface area (Å²) in [5.41, 5.74) is 1.01. The highest BCUT2D eigenvalue weighted by atomic mass is 32.2. The maximum absolute atomic E-state index is 12.8. The number of nitriles is 1. The Balaban J connectivity index is 2.46. The first kappa shape index (κ1) is 15.0. The lowest BCUT2D eigenvalue weighted by molar-refractivity contribution is 0.0314. The molecule has 0 aliphatic carbocycles. The lowest BCUT2D eigenvalue weighted by Gasteiger charge is -2.34. The summed E-state index contributed by atoms with van der Waals surface area (Å²) in [6.45, 7) is 4.88. The second kappa shape index (κ2) is 5.92. The molecule has 0 spiro atoms. The van der Waals surface area contributed by atoms with Crippen molar-refractivity contribution in [2.45, 2.75) is 31.2 Å². The molecule has 0 aromatic heterocycles. The molecule has 0 bridgehead atoms. The van der Waals surface area contributed by atoms with Crippen LogP contribution in [0.15, 0.2) is 23.1 Å². The second-order valence-electron chi connectivity index (χ2n) is 4.84. The first-order valence-corrected chi connectivity index (χ1v) is 8.05. The molecule has 0 saturated carbocycles. The van der Waals surface area contributed by atoms with Crippen LogP contribution < -0.4 is 0 Å². The quantitative estimate of drug-likeness (QED) is 0.850. The highest BCUT2D eigenvalue weighted by molar-refractivity contribution is 7.89. The topological polar surface area (TPSA) is 70.4 Å². The first-order valence-electron chi connectivity index (χ1n) is 6.61. The van der Waals surface area contributed by atoms with Crippen molar-refractivity contribution in [3.8, 4) is 6.07 Å². The maximum atomic E-state index is 12.8. The van der Waals surface area contributed by atoms with Crippen LogP contribution in [-0.4, -0.2) is 38.5 Å². The summed E-state index contributed by atoms with van der Waals surface area (Å²) < 4.78 is 32.5. The lowest BCUT2D eigenvalue weighted by Crippen LogP contribution is -2.48. The minimum Gasteiger partial charge on any atom is -0.378 e. The van der Waals surface area contributed by atoms with E-state index in [2.05, 4.69) is 0 Å². The predicted molar refractivity (Wildman–Crippen MR) is 74.7 cm³/mol. The summed E-state index contributed by atoms with van der Waals surface area (Å²) in [4.78, 5) is 0.219. The zero-order valence-corrected chi connectivity index (χ0v) is 12.5. The van der Waals surface area contributed by atoms with Crippen LogP contribution in [0.3, 0.4) is 0 Å². The molecule has 1 heterocycles. The van der Waals surface area contributed by atoms with Crippen LogP contribution in [0.4, 0.5) is 0 Å².